The standard InChI is InChI=1S/C11H15Cl2N3/c1-15-2-4-16(5-3-15)8-9-7-14-11(13)6-10(9)12/h6-7H,2-5,8H2,1H3. The van der Waals surface area contributed by atoms with E-state index in [4.69, 9.17) is 23.2 Å². The first-order chi connectivity index (χ1) is 7.65. The van der Waals surface area contributed by atoms with E-state index >= 15 is 0 Å². The molecule has 2 rings (SSSR count). The molecule has 1 aromatic heterocycles. The van der Waals surface area contributed by atoms with Gasteiger partial charge >= 0.3 is 0 Å². The smallest absolute Gasteiger partial charge is 0.130 e. The lowest BCUT2D eigenvalue weighted by Gasteiger charge is -2.32. The van der Waals surface area contributed by atoms with Gasteiger partial charge in [-0.05, 0) is 13.1 Å². The van der Waals surface area contributed by atoms with Crippen molar-refractivity contribution in [3.05, 3.63) is 28.0 Å². The van der Waals surface area contributed by atoms with Crippen molar-refractivity contribution in [1.82, 2.24) is 14.8 Å². The number of piperazine rings is 1. The molecule has 2 heterocycles. The van der Waals surface area contributed by atoms with Gasteiger partial charge < -0.3 is 4.90 Å². The monoisotopic (exact) mass is 259 g/mol. The number of hydrogen-bond acceptors (Lipinski definition) is 3. The van der Waals surface area contributed by atoms with Crippen molar-refractivity contribution in [3.8, 4) is 0 Å². The van der Waals surface area contributed by atoms with Gasteiger partial charge in [0.1, 0.15) is 5.15 Å². The fourth-order valence-corrected chi connectivity index (χ4v) is 2.22. The van der Waals surface area contributed by atoms with Crippen LogP contribution in [-0.4, -0.2) is 48.0 Å². The van der Waals surface area contributed by atoms with E-state index in [1.807, 2.05) is 0 Å². The van der Waals surface area contributed by atoms with Gasteiger partial charge in [-0.1, -0.05) is 23.2 Å². The van der Waals surface area contributed by atoms with E-state index in [2.05, 4.69) is 21.8 Å². The summed E-state index contributed by atoms with van der Waals surface area (Å²) in [6, 6.07) is 1.70. The normalized spacial score (nSPS) is 18.9. The van der Waals surface area contributed by atoms with Crippen LogP contribution < -0.4 is 0 Å². The lowest BCUT2D eigenvalue weighted by atomic mass is 10.2. The van der Waals surface area contributed by atoms with Crippen molar-refractivity contribution in [2.24, 2.45) is 0 Å². The highest BCUT2D eigenvalue weighted by molar-refractivity contribution is 6.34. The van der Waals surface area contributed by atoms with Gasteiger partial charge in [-0.3, -0.25) is 4.90 Å². The minimum absolute atomic E-state index is 0.451. The summed E-state index contributed by atoms with van der Waals surface area (Å²) < 4.78 is 0. The van der Waals surface area contributed by atoms with Crippen LogP contribution in [0.1, 0.15) is 5.56 Å². The highest BCUT2D eigenvalue weighted by Crippen LogP contribution is 2.20. The maximum atomic E-state index is 6.12. The summed E-state index contributed by atoms with van der Waals surface area (Å²) in [6.45, 7) is 5.24. The van der Waals surface area contributed by atoms with E-state index in [9.17, 15) is 0 Å². The number of halogens is 2. The molecule has 0 radical (unpaired) electrons. The van der Waals surface area contributed by atoms with Crippen LogP contribution in [0.4, 0.5) is 0 Å². The minimum Gasteiger partial charge on any atom is -0.304 e. The van der Waals surface area contributed by atoms with Gasteiger partial charge in [0, 0.05) is 49.5 Å². The maximum absolute atomic E-state index is 6.12. The zero-order chi connectivity index (χ0) is 11.5. The molecule has 0 aromatic carbocycles. The summed E-state index contributed by atoms with van der Waals surface area (Å²) in [6.07, 6.45) is 1.77. The van der Waals surface area contributed by atoms with Gasteiger partial charge in [-0.25, -0.2) is 4.98 Å². The summed E-state index contributed by atoms with van der Waals surface area (Å²) in [5, 5.41) is 1.16. The van der Waals surface area contributed by atoms with Crippen LogP contribution in [0.5, 0.6) is 0 Å². The molecule has 0 aliphatic carbocycles. The van der Waals surface area contributed by atoms with E-state index in [1.54, 1.807) is 12.3 Å². The molecule has 0 spiro atoms. The average Bonchev–Trinajstić information content (AvgIpc) is 2.25. The Morgan fingerprint density at radius 1 is 1.25 bits per heavy atom. The Hall–Kier alpha value is -0.350. The van der Waals surface area contributed by atoms with Crippen LogP contribution in [-0.2, 0) is 6.54 Å². The molecule has 0 saturated carbocycles. The van der Waals surface area contributed by atoms with Crippen LogP contribution in [0.2, 0.25) is 10.2 Å². The van der Waals surface area contributed by atoms with Crippen LogP contribution in [0, 0.1) is 0 Å². The first-order valence-corrected chi connectivity index (χ1v) is 6.11. The first-order valence-electron chi connectivity index (χ1n) is 5.36. The fraction of sp³-hybridized carbons (Fsp3) is 0.545. The molecule has 0 atom stereocenters. The molecule has 0 amide bonds. The molecule has 1 aliphatic heterocycles. The van der Waals surface area contributed by atoms with E-state index in [0.29, 0.717) is 10.2 Å². The Bertz CT molecular complexity index is 362. The molecule has 1 aliphatic rings. The third kappa shape index (κ3) is 3.08. The average molecular weight is 260 g/mol. The van der Waals surface area contributed by atoms with Gasteiger partial charge in [0.25, 0.3) is 0 Å². The van der Waals surface area contributed by atoms with Crippen molar-refractivity contribution in [2.75, 3.05) is 33.2 Å². The van der Waals surface area contributed by atoms with Crippen molar-refractivity contribution < 1.29 is 0 Å². The second kappa shape index (κ2) is 5.32. The van der Waals surface area contributed by atoms with E-state index in [1.165, 1.54) is 0 Å². The maximum Gasteiger partial charge on any atom is 0.130 e. The highest BCUT2D eigenvalue weighted by atomic mass is 35.5. The number of hydrogen-bond donors (Lipinski definition) is 0. The predicted molar refractivity (Wildman–Crippen MR) is 67.0 cm³/mol. The Balaban J connectivity index is 1.98. The zero-order valence-electron chi connectivity index (χ0n) is 9.29. The summed E-state index contributed by atoms with van der Waals surface area (Å²) in [4.78, 5) is 8.78. The van der Waals surface area contributed by atoms with Gasteiger partial charge in [0.15, 0.2) is 0 Å². The number of likely N-dealkylation sites (N-methyl/N-ethyl adjacent to an activating group) is 1. The lowest BCUT2D eigenvalue weighted by molar-refractivity contribution is 0.148. The molecule has 0 bridgehead atoms. The number of aromatic nitrogens is 1. The van der Waals surface area contributed by atoms with Crippen LogP contribution >= 0.6 is 23.2 Å². The Kier molecular flexibility index (Phi) is 4.03. The van der Waals surface area contributed by atoms with Crippen LogP contribution in [0.15, 0.2) is 12.3 Å². The van der Waals surface area contributed by atoms with E-state index < -0.39 is 0 Å². The highest BCUT2D eigenvalue weighted by Gasteiger charge is 2.15. The number of nitrogens with zero attached hydrogens (tertiary/aromatic N) is 3. The molecule has 88 valence electrons. The van der Waals surface area contributed by atoms with Gasteiger partial charge in [-0.15, -0.1) is 0 Å². The lowest BCUT2D eigenvalue weighted by Crippen LogP contribution is -2.43. The van der Waals surface area contributed by atoms with Gasteiger partial charge in [0.05, 0.1) is 0 Å². The SMILES string of the molecule is CN1CCN(Cc2cnc(Cl)cc2Cl)CC1. The Labute approximate surface area is 106 Å². The summed E-state index contributed by atoms with van der Waals surface area (Å²) in [7, 11) is 2.15. The Morgan fingerprint density at radius 2 is 1.94 bits per heavy atom. The van der Waals surface area contributed by atoms with Crippen LogP contribution in [0.25, 0.3) is 0 Å². The van der Waals surface area contributed by atoms with Crippen molar-refractivity contribution in [1.29, 1.82) is 0 Å². The quantitative estimate of drug-likeness (QED) is 0.759. The third-order valence-corrected chi connectivity index (χ3v) is 3.44. The summed E-state index contributed by atoms with van der Waals surface area (Å²) >= 11 is 11.9. The van der Waals surface area contributed by atoms with Crippen molar-refractivity contribution >= 4 is 23.2 Å². The van der Waals surface area contributed by atoms with Gasteiger partial charge in [-0.2, -0.15) is 0 Å². The number of rotatable bonds is 2. The molecule has 1 saturated heterocycles. The topological polar surface area (TPSA) is 19.4 Å². The summed E-state index contributed by atoms with van der Waals surface area (Å²) in [5.74, 6) is 0. The predicted octanol–water partition coefficient (Wildman–Crippen LogP) is 2.14. The number of pyridine rings is 1. The molecular weight excluding hydrogens is 245 g/mol. The van der Waals surface area contributed by atoms with Crippen molar-refractivity contribution in [3.63, 3.8) is 0 Å². The molecule has 3 nitrogen and oxygen atoms in total. The molecule has 16 heavy (non-hydrogen) atoms. The third-order valence-electron chi connectivity index (χ3n) is 2.89. The molecule has 0 unspecified atom stereocenters. The van der Waals surface area contributed by atoms with Gasteiger partial charge in [0.2, 0.25) is 0 Å². The van der Waals surface area contributed by atoms with Crippen molar-refractivity contribution in [2.45, 2.75) is 6.54 Å². The molecular formula is C11H15Cl2N3. The molecule has 1 fully saturated rings. The van der Waals surface area contributed by atoms with Crippen LogP contribution in [0.3, 0.4) is 0 Å². The zero-order valence-corrected chi connectivity index (χ0v) is 10.8. The van der Waals surface area contributed by atoms with E-state index in [-0.39, 0.29) is 0 Å². The van der Waals surface area contributed by atoms with E-state index in [0.717, 1.165) is 38.3 Å². The minimum atomic E-state index is 0.451. The molecule has 1 aromatic rings. The summed E-state index contributed by atoms with van der Waals surface area (Å²) in [5.41, 5.74) is 1.05. The second-order valence-electron chi connectivity index (χ2n) is 4.18. The largest absolute Gasteiger partial charge is 0.304 e. The second-order valence-corrected chi connectivity index (χ2v) is 4.97. The molecule has 5 heteroatoms. The molecule has 0 N–H and O–H groups in total. The fourth-order valence-electron chi connectivity index (χ4n) is 1.80. The Morgan fingerprint density at radius 3 is 2.56 bits per heavy atom. The first kappa shape index (κ1) is 12.1.